The number of ether oxygens (including phenoxy) is 1. The number of aromatic nitrogens is 6. The van der Waals surface area contributed by atoms with E-state index in [0.717, 1.165) is 63.7 Å². The summed E-state index contributed by atoms with van der Waals surface area (Å²) in [5, 5.41) is 5.56. The van der Waals surface area contributed by atoms with Gasteiger partial charge in [0.05, 0.1) is 24.3 Å². The SMILES string of the molecule is Cn1nc(-c2ccncc2)cc1CC(=O)Cc1ccc(-c2cc3c(N4CCOCC4)ncnc3[nH]2)cc1. The second kappa shape index (κ2) is 9.94. The van der Waals surface area contributed by atoms with Crippen molar-refractivity contribution in [3.63, 3.8) is 0 Å². The van der Waals surface area contributed by atoms with Crippen molar-refractivity contribution in [1.29, 1.82) is 0 Å². The minimum absolute atomic E-state index is 0.146. The largest absolute Gasteiger partial charge is 0.378 e. The summed E-state index contributed by atoms with van der Waals surface area (Å²) < 4.78 is 7.26. The zero-order valence-electron chi connectivity index (χ0n) is 20.6. The van der Waals surface area contributed by atoms with E-state index in [1.807, 2.05) is 49.5 Å². The predicted molar refractivity (Wildman–Crippen MR) is 141 cm³/mol. The highest BCUT2D eigenvalue weighted by molar-refractivity contribution is 5.92. The lowest BCUT2D eigenvalue weighted by Gasteiger charge is -2.27. The maximum absolute atomic E-state index is 12.9. The van der Waals surface area contributed by atoms with Crippen LogP contribution in [0.2, 0.25) is 0 Å². The Hall–Kier alpha value is -4.37. The van der Waals surface area contributed by atoms with E-state index < -0.39 is 0 Å². The van der Waals surface area contributed by atoms with Crippen molar-refractivity contribution in [2.45, 2.75) is 12.8 Å². The van der Waals surface area contributed by atoms with Gasteiger partial charge in [0.15, 0.2) is 0 Å². The molecule has 0 unspecified atom stereocenters. The Morgan fingerprint density at radius 3 is 2.54 bits per heavy atom. The number of fused-ring (bicyclic) bond motifs is 1. The number of carbonyl (C=O) groups excluding carboxylic acids is 1. The van der Waals surface area contributed by atoms with Gasteiger partial charge in [0.25, 0.3) is 0 Å². The van der Waals surface area contributed by atoms with Crippen LogP contribution in [0.3, 0.4) is 0 Å². The molecule has 0 atom stereocenters. The fraction of sp³-hybridized carbons (Fsp3) is 0.250. The molecule has 0 aliphatic carbocycles. The van der Waals surface area contributed by atoms with Gasteiger partial charge in [-0.1, -0.05) is 24.3 Å². The molecule has 1 saturated heterocycles. The summed E-state index contributed by atoms with van der Waals surface area (Å²) in [6.45, 7) is 3.04. The molecule has 0 amide bonds. The molecule has 9 heteroatoms. The van der Waals surface area contributed by atoms with Gasteiger partial charge in [-0.3, -0.25) is 14.5 Å². The normalized spacial score (nSPS) is 13.8. The Kier molecular flexibility index (Phi) is 6.20. The van der Waals surface area contributed by atoms with Gasteiger partial charge in [0.1, 0.15) is 23.6 Å². The number of H-pyrrole nitrogens is 1. The molecule has 0 saturated carbocycles. The third kappa shape index (κ3) is 4.85. The number of carbonyl (C=O) groups is 1. The van der Waals surface area contributed by atoms with Gasteiger partial charge in [0, 0.05) is 62.3 Å². The monoisotopic (exact) mass is 493 g/mol. The molecule has 5 aromatic rings. The number of nitrogens with zero attached hydrogens (tertiary/aromatic N) is 6. The van der Waals surface area contributed by atoms with E-state index in [4.69, 9.17) is 4.74 Å². The molecule has 0 bridgehead atoms. The van der Waals surface area contributed by atoms with Crippen LogP contribution in [0.25, 0.3) is 33.5 Å². The predicted octanol–water partition coefficient (Wildman–Crippen LogP) is 3.61. The van der Waals surface area contributed by atoms with Gasteiger partial charge < -0.3 is 14.6 Å². The van der Waals surface area contributed by atoms with Crippen LogP contribution in [-0.4, -0.2) is 61.8 Å². The Morgan fingerprint density at radius 2 is 1.76 bits per heavy atom. The van der Waals surface area contributed by atoms with Gasteiger partial charge in [-0.05, 0) is 35.4 Å². The van der Waals surface area contributed by atoms with Crippen molar-refractivity contribution in [1.82, 2.24) is 29.7 Å². The number of ketones is 1. The number of benzene rings is 1. The van der Waals surface area contributed by atoms with Crippen molar-refractivity contribution in [2.75, 3.05) is 31.2 Å². The van der Waals surface area contributed by atoms with Gasteiger partial charge in [0.2, 0.25) is 0 Å². The highest BCUT2D eigenvalue weighted by Crippen LogP contribution is 2.29. The second-order valence-electron chi connectivity index (χ2n) is 9.21. The molecular formula is C28H27N7O2. The van der Waals surface area contributed by atoms with E-state index in [9.17, 15) is 4.79 Å². The first-order valence-electron chi connectivity index (χ1n) is 12.3. The van der Waals surface area contributed by atoms with Crippen LogP contribution < -0.4 is 4.90 Å². The Balaban J connectivity index is 1.15. The van der Waals surface area contributed by atoms with Crippen molar-refractivity contribution in [3.05, 3.63) is 78.5 Å². The Morgan fingerprint density at radius 1 is 0.973 bits per heavy atom. The number of hydrogen-bond donors (Lipinski definition) is 1. The number of rotatable bonds is 7. The zero-order chi connectivity index (χ0) is 25.2. The molecular weight excluding hydrogens is 466 g/mol. The van der Waals surface area contributed by atoms with Crippen LogP contribution in [0.15, 0.2) is 67.3 Å². The standard InChI is InChI=1S/C28H27N7O2/c1-34-22(16-26(33-34)21-6-8-29-9-7-21)15-23(36)14-19-2-4-20(5-3-19)25-17-24-27(32-25)30-18-31-28(24)35-10-12-37-13-11-35/h2-9,16-18H,10-15H2,1H3,(H,30,31,32). The van der Waals surface area contributed by atoms with Crippen molar-refractivity contribution >= 4 is 22.6 Å². The summed E-state index contributed by atoms with van der Waals surface area (Å²) in [6, 6.07) is 16.0. The number of hydrogen-bond acceptors (Lipinski definition) is 7. The van der Waals surface area contributed by atoms with E-state index in [1.54, 1.807) is 23.4 Å². The molecule has 6 rings (SSSR count). The lowest BCUT2D eigenvalue weighted by atomic mass is 10.0. The quantitative estimate of drug-likeness (QED) is 0.370. The van der Waals surface area contributed by atoms with Crippen LogP contribution in [0.5, 0.6) is 0 Å². The Labute approximate surface area is 214 Å². The maximum Gasteiger partial charge on any atom is 0.143 e. The minimum Gasteiger partial charge on any atom is -0.378 e. The fourth-order valence-electron chi connectivity index (χ4n) is 4.74. The topological polar surface area (TPSA) is 102 Å². The molecule has 1 aliphatic rings. The highest BCUT2D eigenvalue weighted by Gasteiger charge is 2.18. The third-order valence-electron chi connectivity index (χ3n) is 6.71. The molecule has 1 aromatic carbocycles. The van der Waals surface area contributed by atoms with Crippen LogP contribution in [0.1, 0.15) is 11.3 Å². The molecule has 37 heavy (non-hydrogen) atoms. The summed E-state index contributed by atoms with van der Waals surface area (Å²) >= 11 is 0. The summed E-state index contributed by atoms with van der Waals surface area (Å²) in [7, 11) is 1.87. The van der Waals surface area contributed by atoms with E-state index in [2.05, 4.69) is 36.0 Å². The highest BCUT2D eigenvalue weighted by atomic mass is 16.5. The third-order valence-corrected chi connectivity index (χ3v) is 6.71. The molecule has 4 aromatic heterocycles. The van der Waals surface area contributed by atoms with E-state index >= 15 is 0 Å². The maximum atomic E-state index is 12.9. The summed E-state index contributed by atoms with van der Waals surface area (Å²) in [4.78, 5) is 31.5. The first-order valence-corrected chi connectivity index (χ1v) is 12.3. The van der Waals surface area contributed by atoms with Gasteiger partial charge in [-0.25, -0.2) is 9.97 Å². The number of aryl methyl sites for hydroxylation is 1. The van der Waals surface area contributed by atoms with Crippen LogP contribution in [-0.2, 0) is 29.4 Å². The number of nitrogens with one attached hydrogen (secondary N) is 1. The molecule has 1 aliphatic heterocycles. The summed E-state index contributed by atoms with van der Waals surface area (Å²) in [5.74, 6) is 1.08. The van der Waals surface area contributed by atoms with E-state index in [1.165, 1.54) is 0 Å². The lowest BCUT2D eigenvalue weighted by Crippen LogP contribution is -2.36. The van der Waals surface area contributed by atoms with Crippen LogP contribution in [0.4, 0.5) is 5.82 Å². The number of morpholine rings is 1. The number of anilines is 1. The van der Waals surface area contributed by atoms with Gasteiger partial charge in [-0.2, -0.15) is 5.10 Å². The van der Waals surface area contributed by atoms with Crippen molar-refractivity contribution in [2.24, 2.45) is 7.05 Å². The van der Waals surface area contributed by atoms with Crippen LogP contribution >= 0.6 is 0 Å². The van der Waals surface area contributed by atoms with E-state index in [0.29, 0.717) is 26.1 Å². The minimum atomic E-state index is 0.146. The summed E-state index contributed by atoms with van der Waals surface area (Å²) in [5.41, 5.74) is 6.53. The molecule has 0 radical (unpaired) electrons. The number of Topliss-reactive ketones (excluding diaryl/α,β-unsaturated/α-hetero) is 1. The second-order valence-corrected chi connectivity index (χ2v) is 9.21. The molecule has 5 heterocycles. The first-order chi connectivity index (χ1) is 18.1. The van der Waals surface area contributed by atoms with Gasteiger partial charge in [-0.15, -0.1) is 0 Å². The molecule has 186 valence electrons. The number of aromatic amines is 1. The van der Waals surface area contributed by atoms with Gasteiger partial charge >= 0.3 is 0 Å². The average Bonchev–Trinajstić information content (AvgIpc) is 3.53. The smallest absolute Gasteiger partial charge is 0.143 e. The lowest BCUT2D eigenvalue weighted by molar-refractivity contribution is -0.117. The van der Waals surface area contributed by atoms with Crippen molar-refractivity contribution in [3.8, 4) is 22.5 Å². The van der Waals surface area contributed by atoms with E-state index in [-0.39, 0.29) is 5.78 Å². The molecule has 1 N–H and O–H groups in total. The van der Waals surface area contributed by atoms with Crippen LogP contribution in [0, 0.1) is 0 Å². The average molecular weight is 494 g/mol. The Bertz CT molecular complexity index is 1530. The summed E-state index contributed by atoms with van der Waals surface area (Å²) in [6.07, 6.45) is 5.79. The zero-order valence-corrected chi connectivity index (χ0v) is 20.6. The molecule has 0 spiro atoms. The molecule has 1 fully saturated rings. The van der Waals surface area contributed by atoms with Crippen molar-refractivity contribution < 1.29 is 9.53 Å². The number of pyridine rings is 1. The first kappa shape index (κ1) is 23.1. The molecule has 9 nitrogen and oxygen atoms in total. The fourth-order valence-corrected chi connectivity index (χ4v) is 4.74.